The van der Waals surface area contributed by atoms with Crippen LogP contribution in [-0.4, -0.2) is 21.0 Å². The van der Waals surface area contributed by atoms with E-state index in [4.69, 9.17) is 9.98 Å². The summed E-state index contributed by atoms with van der Waals surface area (Å²) in [6.45, 7) is 0. The predicted octanol–water partition coefficient (Wildman–Crippen LogP) is 6.32. The monoisotopic (exact) mass is 526 g/mol. The van der Waals surface area contributed by atoms with E-state index in [9.17, 15) is 0 Å². The molecule has 8 bridgehead atoms. The van der Waals surface area contributed by atoms with Gasteiger partial charge < -0.3 is 9.55 Å². The first kappa shape index (κ1) is 22.6. The average molecular weight is 527 g/mol. The summed E-state index contributed by atoms with van der Waals surface area (Å²) in [5.41, 5.74) is 10.3. The third-order valence-corrected chi connectivity index (χ3v) is 8.89. The molecule has 0 radical (unpaired) electrons. The molecular weight excluding hydrogens is 500 g/mol. The molecule has 0 spiro atoms. The molecule has 0 aliphatic carbocycles. The predicted molar refractivity (Wildman–Crippen MR) is 170 cm³/mol. The summed E-state index contributed by atoms with van der Waals surface area (Å²) < 4.78 is 2.35. The Morgan fingerprint density at radius 2 is 1.24 bits per heavy atom. The SMILES string of the molecule is Cn1c2c3ccccc3c1CC1N=C(/C=c3\[nH]/c(c4ccccc34)=C\C3=NC(=C\2)/c2ccccc23)c2ccccc21. The van der Waals surface area contributed by atoms with E-state index in [1.165, 1.54) is 44.1 Å². The van der Waals surface area contributed by atoms with E-state index in [1.54, 1.807) is 0 Å². The highest BCUT2D eigenvalue weighted by atomic mass is 15.0. The molecule has 4 heteroatoms. The first-order chi connectivity index (χ1) is 20.2. The van der Waals surface area contributed by atoms with E-state index in [-0.39, 0.29) is 6.04 Å². The highest BCUT2D eigenvalue weighted by molar-refractivity contribution is 6.28. The zero-order chi connectivity index (χ0) is 27.1. The fraction of sp³-hybridized carbons (Fsp3) is 0.0811. The van der Waals surface area contributed by atoms with Crippen molar-refractivity contribution in [3.63, 3.8) is 0 Å². The van der Waals surface area contributed by atoms with Crippen LogP contribution in [0.5, 0.6) is 0 Å². The molecule has 0 saturated heterocycles. The van der Waals surface area contributed by atoms with Crippen LogP contribution in [0, 0.1) is 0 Å². The van der Waals surface area contributed by atoms with Crippen LogP contribution in [0.3, 0.4) is 0 Å². The molecule has 6 aromatic rings. The number of rotatable bonds is 0. The second-order valence-electron chi connectivity index (χ2n) is 11.1. The van der Waals surface area contributed by atoms with Gasteiger partial charge in [-0.25, -0.2) is 4.99 Å². The van der Waals surface area contributed by atoms with Gasteiger partial charge >= 0.3 is 0 Å². The second-order valence-corrected chi connectivity index (χ2v) is 11.1. The summed E-state index contributed by atoms with van der Waals surface area (Å²) in [7, 11) is 2.19. The molecule has 1 N–H and O–H groups in total. The standard InChI is InChI=1S/C37H26N4/c1-41-36-20-34-26-14-6-4-12-24(26)32(39-34)18-30-22-10-2-3-11-23(22)31(38-30)19-33-25-13-5-7-15-27(25)35(40-33)21-37(41)29-17-9-8-16-28(29)36/h2-20,35,38H,21H2,1H3/b30-18-,31-19-,34-20-. The Hall–Kier alpha value is -5.22. The number of fused-ring (bicyclic) bond motifs is 18. The summed E-state index contributed by atoms with van der Waals surface area (Å²) in [4.78, 5) is 14.3. The Morgan fingerprint density at radius 1 is 0.634 bits per heavy atom. The van der Waals surface area contributed by atoms with Crippen LogP contribution in [0.4, 0.5) is 0 Å². The van der Waals surface area contributed by atoms with Gasteiger partial charge in [0.1, 0.15) is 0 Å². The first-order valence-electron chi connectivity index (χ1n) is 14.2. The first-order valence-corrected chi connectivity index (χ1v) is 14.2. The van der Waals surface area contributed by atoms with E-state index in [0.29, 0.717) is 0 Å². The number of nitrogens with one attached hydrogen (secondary N) is 1. The molecule has 3 aliphatic rings. The highest BCUT2D eigenvalue weighted by Gasteiger charge is 2.27. The van der Waals surface area contributed by atoms with Gasteiger partial charge in [0, 0.05) is 68.1 Å². The molecule has 0 fully saturated rings. The van der Waals surface area contributed by atoms with Gasteiger partial charge in [-0.05, 0) is 23.8 Å². The van der Waals surface area contributed by atoms with E-state index in [2.05, 4.69) is 132 Å². The number of aromatic amines is 1. The maximum Gasteiger partial charge on any atom is 0.0817 e. The largest absolute Gasteiger partial charge is 0.354 e. The minimum Gasteiger partial charge on any atom is -0.354 e. The van der Waals surface area contributed by atoms with Crippen molar-refractivity contribution in [1.82, 2.24) is 9.55 Å². The van der Waals surface area contributed by atoms with Crippen molar-refractivity contribution in [2.24, 2.45) is 17.0 Å². The summed E-state index contributed by atoms with van der Waals surface area (Å²) >= 11 is 0. The molecule has 1 atom stereocenters. The normalized spacial score (nSPS) is 19.8. The van der Waals surface area contributed by atoms with Gasteiger partial charge in [-0.2, -0.15) is 0 Å². The van der Waals surface area contributed by atoms with Crippen LogP contribution in [0.25, 0.3) is 45.5 Å². The number of aromatic nitrogens is 2. The van der Waals surface area contributed by atoms with Crippen molar-refractivity contribution in [1.29, 1.82) is 0 Å². The van der Waals surface area contributed by atoms with Crippen LogP contribution in [0.2, 0.25) is 0 Å². The van der Waals surface area contributed by atoms with Crippen LogP contribution in [0.1, 0.15) is 39.7 Å². The van der Waals surface area contributed by atoms with Crippen LogP contribution in [0.15, 0.2) is 107 Å². The lowest BCUT2D eigenvalue weighted by Crippen LogP contribution is -2.14. The average Bonchev–Trinajstić information content (AvgIpc) is 3.72. The quantitative estimate of drug-likeness (QED) is 0.241. The van der Waals surface area contributed by atoms with Gasteiger partial charge in [-0.3, -0.25) is 4.99 Å². The van der Waals surface area contributed by atoms with E-state index >= 15 is 0 Å². The molecule has 1 unspecified atom stereocenters. The third kappa shape index (κ3) is 3.28. The lowest BCUT2D eigenvalue weighted by Gasteiger charge is -2.12. The Morgan fingerprint density at radius 3 is 2.02 bits per heavy atom. The number of hydrogen-bond donors (Lipinski definition) is 1. The molecular formula is C37H26N4. The van der Waals surface area contributed by atoms with Crippen LogP contribution < -0.4 is 10.7 Å². The third-order valence-electron chi connectivity index (χ3n) is 8.89. The van der Waals surface area contributed by atoms with Gasteiger partial charge in [-0.1, -0.05) is 97.1 Å². The van der Waals surface area contributed by atoms with Crippen LogP contribution in [-0.2, 0) is 13.5 Å². The number of aliphatic imine (C=N–C) groups is 2. The maximum absolute atomic E-state index is 5.36. The molecule has 5 heterocycles. The van der Waals surface area contributed by atoms with E-state index < -0.39 is 0 Å². The molecule has 194 valence electrons. The summed E-state index contributed by atoms with van der Waals surface area (Å²) in [6, 6.07) is 34.6. The van der Waals surface area contributed by atoms with Gasteiger partial charge in [-0.15, -0.1) is 0 Å². The molecule has 9 rings (SSSR count). The second kappa shape index (κ2) is 8.39. The Labute approximate surface area is 237 Å². The summed E-state index contributed by atoms with van der Waals surface area (Å²) in [5.74, 6) is 0. The fourth-order valence-electron chi connectivity index (χ4n) is 6.93. The van der Waals surface area contributed by atoms with Crippen LogP contribution >= 0.6 is 0 Å². The number of hydrogen-bond acceptors (Lipinski definition) is 2. The van der Waals surface area contributed by atoms with Crippen molar-refractivity contribution < 1.29 is 0 Å². The van der Waals surface area contributed by atoms with Crippen molar-refractivity contribution in [3.05, 3.63) is 141 Å². The molecule has 4 nitrogen and oxygen atoms in total. The van der Waals surface area contributed by atoms with Crippen molar-refractivity contribution in [3.8, 4) is 0 Å². The Balaban J connectivity index is 1.41. The van der Waals surface area contributed by atoms with Gasteiger partial charge in [0.05, 0.1) is 28.9 Å². The topological polar surface area (TPSA) is 45.4 Å². The lowest BCUT2D eigenvalue weighted by molar-refractivity contribution is 0.693. The number of nitrogens with zero attached hydrogens (tertiary/aromatic N) is 3. The minimum absolute atomic E-state index is 0.0481. The lowest BCUT2D eigenvalue weighted by atomic mass is 9.97. The summed E-state index contributed by atoms with van der Waals surface area (Å²) in [5, 5.41) is 7.02. The minimum atomic E-state index is 0.0481. The van der Waals surface area contributed by atoms with E-state index in [0.717, 1.165) is 45.4 Å². The highest BCUT2D eigenvalue weighted by Crippen LogP contribution is 2.38. The van der Waals surface area contributed by atoms with E-state index in [1.807, 2.05) is 0 Å². The molecule has 3 aliphatic heterocycles. The van der Waals surface area contributed by atoms with Crippen molar-refractivity contribution in [2.45, 2.75) is 12.5 Å². The molecule has 0 saturated carbocycles. The smallest absolute Gasteiger partial charge is 0.0817 e. The summed E-state index contributed by atoms with van der Waals surface area (Å²) in [6.07, 6.45) is 7.52. The number of H-pyrrole nitrogens is 1. The maximum atomic E-state index is 5.36. The zero-order valence-corrected chi connectivity index (χ0v) is 22.6. The molecule has 0 amide bonds. The van der Waals surface area contributed by atoms with Crippen molar-refractivity contribution in [2.75, 3.05) is 0 Å². The van der Waals surface area contributed by atoms with Crippen molar-refractivity contribution >= 4 is 56.9 Å². The van der Waals surface area contributed by atoms with Gasteiger partial charge in [0.25, 0.3) is 0 Å². The molecule has 41 heavy (non-hydrogen) atoms. The zero-order valence-electron chi connectivity index (χ0n) is 22.6. The number of benzene rings is 4. The van der Waals surface area contributed by atoms with Gasteiger partial charge in [0.2, 0.25) is 0 Å². The Kier molecular flexibility index (Phi) is 4.62. The molecule has 2 aromatic heterocycles. The van der Waals surface area contributed by atoms with Gasteiger partial charge in [0.15, 0.2) is 0 Å². The molecule has 4 aromatic carbocycles. The Bertz CT molecular complexity index is 2300. The fourth-order valence-corrected chi connectivity index (χ4v) is 6.93.